The highest BCUT2D eigenvalue weighted by Gasteiger charge is 2.36. The molecule has 2 aliphatic heterocycles. The molecule has 2 aromatic rings. The molecule has 29 heavy (non-hydrogen) atoms. The second kappa shape index (κ2) is 8.03. The highest BCUT2D eigenvalue weighted by Crippen LogP contribution is 2.26. The number of anilines is 3. The molecule has 0 bridgehead atoms. The number of aromatic hydroxyl groups is 1. The Kier molecular flexibility index (Phi) is 5.29. The summed E-state index contributed by atoms with van der Waals surface area (Å²) in [5.41, 5.74) is 2.99. The lowest BCUT2D eigenvalue weighted by atomic mass is 10.2. The summed E-state index contributed by atoms with van der Waals surface area (Å²) in [5.74, 6) is 0.148. The van der Waals surface area contributed by atoms with Crippen molar-refractivity contribution in [1.82, 2.24) is 4.90 Å². The Morgan fingerprint density at radius 3 is 1.79 bits per heavy atom. The number of carbonyl (C=O) groups is 2. The van der Waals surface area contributed by atoms with Crippen LogP contribution < -0.4 is 14.7 Å². The number of urea groups is 1. The second-order valence-electron chi connectivity index (χ2n) is 7.42. The van der Waals surface area contributed by atoms with Crippen LogP contribution in [0.2, 0.25) is 0 Å². The van der Waals surface area contributed by atoms with E-state index in [4.69, 9.17) is 0 Å². The van der Waals surface area contributed by atoms with Crippen molar-refractivity contribution in [2.24, 2.45) is 0 Å². The monoisotopic (exact) mass is 394 g/mol. The molecule has 2 fully saturated rings. The minimum atomic E-state index is -0.230. The molecule has 0 unspecified atom stereocenters. The smallest absolute Gasteiger partial charge is 0.331 e. The summed E-state index contributed by atoms with van der Waals surface area (Å²) < 4.78 is 0. The van der Waals surface area contributed by atoms with E-state index in [9.17, 15) is 14.7 Å². The molecule has 0 atom stereocenters. The highest BCUT2D eigenvalue weighted by atomic mass is 16.3. The van der Waals surface area contributed by atoms with Crippen molar-refractivity contribution >= 4 is 29.0 Å². The van der Waals surface area contributed by atoms with Gasteiger partial charge in [-0.2, -0.15) is 0 Å². The molecule has 0 radical (unpaired) electrons. The van der Waals surface area contributed by atoms with E-state index in [1.54, 1.807) is 17.0 Å². The van der Waals surface area contributed by atoms with Gasteiger partial charge in [-0.15, -0.1) is 0 Å². The topological polar surface area (TPSA) is 67.3 Å². The Hall–Kier alpha value is -3.22. The molecule has 2 aliphatic rings. The zero-order valence-corrected chi connectivity index (χ0v) is 16.6. The minimum Gasteiger partial charge on any atom is -0.508 e. The number of amides is 3. The van der Waals surface area contributed by atoms with Gasteiger partial charge in [0, 0.05) is 49.8 Å². The van der Waals surface area contributed by atoms with Crippen LogP contribution in [-0.2, 0) is 4.79 Å². The van der Waals surface area contributed by atoms with Gasteiger partial charge in [0.2, 0.25) is 0 Å². The van der Waals surface area contributed by atoms with Crippen LogP contribution >= 0.6 is 0 Å². The van der Waals surface area contributed by atoms with Gasteiger partial charge in [0.25, 0.3) is 5.91 Å². The number of imide groups is 1. The lowest BCUT2D eigenvalue weighted by Crippen LogP contribution is -2.46. The van der Waals surface area contributed by atoms with Gasteiger partial charge in [-0.25, -0.2) is 4.79 Å². The van der Waals surface area contributed by atoms with Crippen LogP contribution in [0.4, 0.5) is 21.9 Å². The van der Waals surface area contributed by atoms with Crippen LogP contribution in [0.3, 0.4) is 0 Å². The number of phenols is 1. The molecular formula is C22H26N4O3. The molecule has 3 amide bonds. The number of hydrogen-bond donors (Lipinski definition) is 1. The van der Waals surface area contributed by atoms with Crippen molar-refractivity contribution in [2.75, 3.05) is 54.0 Å². The zero-order chi connectivity index (χ0) is 20.4. The Balaban J connectivity index is 1.38. The van der Waals surface area contributed by atoms with Crippen LogP contribution in [0.1, 0.15) is 13.3 Å². The number of benzene rings is 2. The van der Waals surface area contributed by atoms with Gasteiger partial charge >= 0.3 is 6.03 Å². The molecule has 2 saturated heterocycles. The van der Waals surface area contributed by atoms with E-state index in [0.29, 0.717) is 6.54 Å². The summed E-state index contributed by atoms with van der Waals surface area (Å²) in [6.07, 6.45) is 0.764. The summed E-state index contributed by atoms with van der Waals surface area (Å²) in [6, 6.07) is 15.0. The zero-order valence-electron chi connectivity index (χ0n) is 16.6. The molecule has 2 aromatic carbocycles. The summed E-state index contributed by atoms with van der Waals surface area (Å²) in [7, 11) is 0. The number of phenolic OH excluding ortho intramolecular Hbond substituents is 1. The third kappa shape index (κ3) is 3.85. The summed E-state index contributed by atoms with van der Waals surface area (Å²) >= 11 is 0. The lowest BCUT2D eigenvalue weighted by molar-refractivity contribution is -0.124. The average molecular weight is 394 g/mol. The quantitative estimate of drug-likeness (QED) is 0.790. The predicted octanol–water partition coefficient (Wildman–Crippen LogP) is 2.90. The molecule has 0 saturated carbocycles. The number of rotatable bonds is 5. The maximum absolute atomic E-state index is 12.5. The van der Waals surface area contributed by atoms with E-state index in [2.05, 4.69) is 9.80 Å². The van der Waals surface area contributed by atoms with Crippen LogP contribution in [-0.4, -0.2) is 61.2 Å². The van der Waals surface area contributed by atoms with E-state index < -0.39 is 0 Å². The van der Waals surface area contributed by atoms with Gasteiger partial charge in [-0.3, -0.25) is 14.6 Å². The van der Waals surface area contributed by atoms with Crippen LogP contribution in [0.5, 0.6) is 5.75 Å². The van der Waals surface area contributed by atoms with Crippen molar-refractivity contribution < 1.29 is 14.7 Å². The fourth-order valence-corrected chi connectivity index (χ4v) is 3.92. The molecule has 4 rings (SSSR count). The lowest BCUT2D eigenvalue weighted by Gasteiger charge is -2.37. The highest BCUT2D eigenvalue weighted by molar-refractivity contribution is 6.12. The van der Waals surface area contributed by atoms with Gasteiger partial charge in [0.1, 0.15) is 12.3 Å². The molecule has 0 aromatic heterocycles. The van der Waals surface area contributed by atoms with E-state index >= 15 is 0 Å². The molecule has 152 valence electrons. The largest absolute Gasteiger partial charge is 0.508 e. The van der Waals surface area contributed by atoms with Crippen molar-refractivity contribution in [1.29, 1.82) is 0 Å². The molecule has 1 N–H and O–H groups in total. The Morgan fingerprint density at radius 1 is 0.793 bits per heavy atom. The SMILES string of the molecule is CCCN1C(=O)CN(c2ccc(N3CCN(c4ccc(O)cc4)CC3)cc2)C1=O. The first-order valence-electron chi connectivity index (χ1n) is 10.1. The van der Waals surface area contributed by atoms with Crippen LogP contribution in [0.25, 0.3) is 0 Å². The van der Waals surface area contributed by atoms with E-state index in [1.165, 1.54) is 4.90 Å². The van der Waals surface area contributed by atoms with E-state index in [1.807, 2.05) is 43.3 Å². The molecule has 7 nitrogen and oxygen atoms in total. The minimum absolute atomic E-state index is 0.115. The Bertz CT molecular complexity index is 874. The van der Waals surface area contributed by atoms with Gasteiger partial charge in [-0.1, -0.05) is 6.92 Å². The average Bonchev–Trinajstić information content (AvgIpc) is 3.03. The maximum atomic E-state index is 12.5. The number of piperazine rings is 1. The molecule has 0 aliphatic carbocycles. The molecular weight excluding hydrogens is 368 g/mol. The number of carbonyl (C=O) groups excluding carboxylic acids is 2. The van der Waals surface area contributed by atoms with Gasteiger partial charge in [0.15, 0.2) is 0 Å². The Labute approximate surface area is 170 Å². The standard InChI is InChI=1S/C22H26N4O3/c1-2-11-25-21(28)16-26(22(25)29)19-5-3-17(4-6-19)23-12-14-24(15-13-23)18-7-9-20(27)10-8-18/h3-10,27H,2,11-16H2,1H3. The normalized spacial score (nSPS) is 17.4. The third-order valence-corrected chi connectivity index (χ3v) is 5.52. The predicted molar refractivity (Wildman–Crippen MR) is 114 cm³/mol. The fraction of sp³-hybridized carbons (Fsp3) is 0.364. The summed E-state index contributed by atoms with van der Waals surface area (Å²) in [4.78, 5) is 32.1. The first kappa shape index (κ1) is 19.1. The fourth-order valence-electron chi connectivity index (χ4n) is 3.92. The second-order valence-corrected chi connectivity index (χ2v) is 7.42. The van der Waals surface area contributed by atoms with Gasteiger partial charge < -0.3 is 14.9 Å². The van der Waals surface area contributed by atoms with Gasteiger partial charge in [-0.05, 0) is 55.0 Å². The van der Waals surface area contributed by atoms with Crippen molar-refractivity contribution in [3.05, 3.63) is 48.5 Å². The first-order chi connectivity index (χ1) is 14.1. The first-order valence-corrected chi connectivity index (χ1v) is 10.1. The van der Waals surface area contributed by atoms with E-state index in [0.717, 1.165) is 49.7 Å². The van der Waals surface area contributed by atoms with Crippen LogP contribution in [0, 0.1) is 0 Å². The molecule has 2 heterocycles. The van der Waals surface area contributed by atoms with Crippen molar-refractivity contribution in [2.45, 2.75) is 13.3 Å². The maximum Gasteiger partial charge on any atom is 0.331 e. The Morgan fingerprint density at radius 2 is 1.28 bits per heavy atom. The molecule has 7 heteroatoms. The van der Waals surface area contributed by atoms with Crippen molar-refractivity contribution in [3.8, 4) is 5.75 Å². The summed E-state index contributed by atoms with van der Waals surface area (Å²) in [5, 5.41) is 9.45. The number of hydrogen-bond acceptors (Lipinski definition) is 5. The van der Waals surface area contributed by atoms with Crippen LogP contribution in [0.15, 0.2) is 48.5 Å². The van der Waals surface area contributed by atoms with Gasteiger partial charge in [0.05, 0.1) is 0 Å². The van der Waals surface area contributed by atoms with Crippen molar-refractivity contribution in [3.63, 3.8) is 0 Å². The molecule has 0 spiro atoms. The third-order valence-electron chi connectivity index (χ3n) is 5.52. The summed E-state index contributed by atoms with van der Waals surface area (Å²) in [6.45, 7) is 6.13. The number of nitrogens with zero attached hydrogens (tertiary/aromatic N) is 4. The van der Waals surface area contributed by atoms with E-state index in [-0.39, 0.29) is 24.2 Å².